The molecule has 1 aromatic heterocycles. The van der Waals surface area contributed by atoms with Gasteiger partial charge >= 0.3 is 0 Å². The van der Waals surface area contributed by atoms with E-state index >= 15 is 0 Å². The monoisotopic (exact) mass is 355 g/mol. The maximum Gasteiger partial charge on any atom is 0.273 e. The van der Waals surface area contributed by atoms with E-state index in [1.807, 2.05) is 25.1 Å². The van der Waals surface area contributed by atoms with E-state index in [0.29, 0.717) is 11.3 Å². The number of benzene rings is 2. The predicted octanol–water partition coefficient (Wildman–Crippen LogP) is 4.41. The average Bonchev–Trinajstić information content (AvgIpc) is 2.58. The minimum Gasteiger partial charge on any atom is -0.267 e. The van der Waals surface area contributed by atoms with Crippen LogP contribution in [0.1, 0.15) is 27.2 Å². The van der Waals surface area contributed by atoms with Crippen molar-refractivity contribution in [2.75, 3.05) is 0 Å². The zero-order valence-electron chi connectivity index (χ0n) is 13.7. The number of pyridine rings is 1. The Kier molecular flexibility index (Phi) is 4.76. The van der Waals surface area contributed by atoms with Gasteiger partial charge in [-0.05, 0) is 37.6 Å². The molecule has 0 bridgehead atoms. The summed E-state index contributed by atoms with van der Waals surface area (Å²) in [5, 5.41) is 4.89. The van der Waals surface area contributed by atoms with Gasteiger partial charge in [-0.2, -0.15) is 5.10 Å². The van der Waals surface area contributed by atoms with Crippen molar-refractivity contribution in [1.29, 1.82) is 0 Å². The van der Waals surface area contributed by atoms with Crippen molar-refractivity contribution in [2.45, 2.75) is 13.8 Å². The molecule has 0 saturated carbocycles. The molecule has 4 nitrogen and oxygen atoms in total. The van der Waals surface area contributed by atoms with Gasteiger partial charge in [-0.15, -0.1) is 0 Å². The fraction of sp³-hybridized carbons (Fsp3) is 0.105. The number of para-hydroxylation sites is 1. The fourth-order valence-corrected chi connectivity index (χ4v) is 2.73. The lowest BCUT2D eigenvalue weighted by molar-refractivity contribution is 0.0954. The number of aromatic nitrogens is 1. The number of amides is 1. The molecule has 0 saturated heterocycles. The molecule has 0 aliphatic heterocycles. The Labute approximate surface area is 149 Å². The number of hydrazone groups is 1. The minimum absolute atomic E-state index is 0.119. The number of fused-ring (bicyclic) bond motifs is 1. The molecule has 0 fully saturated rings. The maximum absolute atomic E-state index is 13.7. The Morgan fingerprint density at radius 3 is 2.76 bits per heavy atom. The van der Waals surface area contributed by atoms with Gasteiger partial charge in [0.1, 0.15) is 5.82 Å². The van der Waals surface area contributed by atoms with Crippen molar-refractivity contribution < 1.29 is 9.18 Å². The van der Waals surface area contributed by atoms with Crippen LogP contribution in [0.25, 0.3) is 10.9 Å². The second-order valence-electron chi connectivity index (χ2n) is 5.60. The smallest absolute Gasteiger partial charge is 0.267 e. The van der Waals surface area contributed by atoms with Crippen LogP contribution in [-0.2, 0) is 0 Å². The van der Waals surface area contributed by atoms with E-state index in [1.54, 1.807) is 19.1 Å². The van der Waals surface area contributed by atoms with E-state index < -0.39 is 11.7 Å². The number of rotatable bonds is 3. The van der Waals surface area contributed by atoms with Crippen molar-refractivity contribution in [3.8, 4) is 0 Å². The summed E-state index contributed by atoms with van der Waals surface area (Å²) in [6.07, 6.45) is 1.18. The molecule has 0 aliphatic carbocycles. The highest BCUT2D eigenvalue weighted by molar-refractivity contribution is 6.33. The maximum atomic E-state index is 13.7. The standard InChI is InChI=1S/C19H15ClFN3O/c1-11-5-3-6-13-9-14(12(2)23-18(11)13)19(25)24-22-10-15-16(20)7-4-8-17(15)21/h3-10H,1-2H3,(H,24,25)/b22-10-. The van der Waals surface area contributed by atoms with Crippen molar-refractivity contribution in [2.24, 2.45) is 5.10 Å². The highest BCUT2D eigenvalue weighted by Crippen LogP contribution is 2.20. The van der Waals surface area contributed by atoms with E-state index in [2.05, 4.69) is 15.5 Å². The minimum atomic E-state index is -0.510. The molecular formula is C19H15ClFN3O. The molecule has 126 valence electrons. The van der Waals surface area contributed by atoms with Crippen LogP contribution in [-0.4, -0.2) is 17.1 Å². The largest absolute Gasteiger partial charge is 0.273 e. The summed E-state index contributed by atoms with van der Waals surface area (Å²) in [6, 6.07) is 11.9. The van der Waals surface area contributed by atoms with Gasteiger partial charge < -0.3 is 0 Å². The van der Waals surface area contributed by atoms with Crippen molar-refractivity contribution in [3.05, 3.63) is 75.7 Å². The van der Waals surface area contributed by atoms with Gasteiger partial charge in [0.2, 0.25) is 0 Å². The SMILES string of the molecule is Cc1nc2c(C)cccc2cc1C(=O)N/N=C\c1c(F)cccc1Cl. The number of carbonyl (C=O) groups excluding carboxylic acids is 1. The van der Waals surface area contributed by atoms with Crippen LogP contribution in [0.4, 0.5) is 4.39 Å². The molecule has 3 aromatic rings. The van der Waals surface area contributed by atoms with E-state index in [4.69, 9.17) is 11.6 Å². The molecule has 1 N–H and O–H groups in total. The van der Waals surface area contributed by atoms with E-state index in [-0.39, 0.29) is 10.6 Å². The molecule has 3 rings (SSSR count). The first-order chi connectivity index (χ1) is 12.0. The number of carbonyl (C=O) groups is 1. The molecule has 0 unspecified atom stereocenters. The molecule has 1 heterocycles. The summed E-state index contributed by atoms with van der Waals surface area (Å²) in [6.45, 7) is 3.73. The lowest BCUT2D eigenvalue weighted by Crippen LogP contribution is -2.19. The number of hydrogen-bond acceptors (Lipinski definition) is 3. The molecule has 0 radical (unpaired) electrons. The number of nitrogens with zero attached hydrogens (tertiary/aromatic N) is 2. The lowest BCUT2D eigenvalue weighted by Gasteiger charge is -2.08. The van der Waals surface area contributed by atoms with Crippen LogP contribution in [0.5, 0.6) is 0 Å². The first kappa shape index (κ1) is 17.0. The van der Waals surface area contributed by atoms with Crippen molar-refractivity contribution >= 4 is 34.6 Å². The van der Waals surface area contributed by atoms with Gasteiger partial charge in [0.05, 0.1) is 28.0 Å². The van der Waals surface area contributed by atoms with E-state index in [0.717, 1.165) is 16.5 Å². The summed E-state index contributed by atoms with van der Waals surface area (Å²) in [5.41, 5.74) is 5.41. The number of aryl methyl sites for hydroxylation is 2. The van der Waals surface area contributed by atoms with Crippen LogP contribution in [0.3, 0.4) is 0 Å². The van der Waals surface area contributed by atoms with Crippen molar-refractivity contribution in [3.63, 3.8) is 0 Å². The van der Waals surface area contributed by atoms with Gasteiger partial charge in [0.25, 0.3) is 5.91 Å². The molecular weight excluding hydrogens is 341 g/mol. The first-order valence-corrected chi connectivity index (χ1v) is 7.99. The summed E-state index contributed by atoms with van der Waals surface area (Å²) < 4.78 is 13.7. The summed E-state index contributed by atoms with van der Waals surface area (Å²) in [5.74, 6) is -0.929. The van der Waals surface area contributed by atoms with Crippen LogP contribution in [0.15, 0.2) is 47.6 Å². The quantitative estimate of drug-likeness (QED) is 0.559. The van der Waals surface area contributed by atoms with Gasteiger partial charge in [-0.1, -0.05) is 35.9 Å². The summed E-state index contributed by atoms with van der Waals surface area (Å²) in [4.78, 5) is 16.9. The van der Waals surface area contributed by atoms with Crippen LogP contribution in [0.2, 0.25) is 5.02 Å². The summed E-state index contributed by atoms with van der Waals surface area (Å²) >= 11 is 5.91. The molecule has 0 aliphatic rings. The molecule has 0 atom stereocenters. The third-order valence-corrected chi connectivity index (χ3v) is 4.17. The summed E-state index contributed by atoms with van der Waals surface area (Å²) in [7, 11) is 0. The molecule has 1 amide bonds. The van der Waals surface area contributed by atoms with Gasteiger partial charge in [0.15, 0.2) is 0 Å². The lowest BCUT2D eigenvalue weighted by atomic mass is 10.1. The topological polar surface area (TPSA) is 54.4 Å². The van der Waals surface area contributed by atoms with Crippen LogP contribution >= 0.6 is 11.6 Å². The Balaban J connectivity index is 1.85. The zero-order valence-corrected chi connectivity index (χ0v) is 14.4. The van der Waals surface area contributed by atoms with Crippen LogP contribution in [0, 0.1) is 19.7 Å². The van der Waals surface area contributed by atoms with Crippen LogP contribution < -0.4 is 5.43 Å². The Hall–Kier alpha value is -2.79. The normalized spacial score (nSPS) is 11.2. The molecule has 0 spiro atoms. The van der Waals surface area contributed by atoms with Crippen molar-refractivity contribution in [1.82, 2.24) is 10.4 Å². The van der Waals surface area contributed by atoms with E-state index in [9.17, 15) is 9.18 Å². The number of nitrogens with one attached hydrogen (secondary N) is 1. The third kappa shape index (κ3) is 3.51. The molecule has 25 heavy (non-hydrogen) atoms. The average molecular weight is 356 g/mol. The third-order valence-electron chi connectivity index (χ3n) is 3.84. The van der Waals surface area contributed by atoms with Gasteiger partial charge in [0, 0.05) is 10.9 Å². The van der Waals surface area contributed by atoms with E-state index in [1.165, 1.54) is 18.3 Å². The van der Waals surface area contributed by atoms with Gasteiger partial charge in [-0.25, -0.2) is 9.82 Å². The second kappa shape index (κ2) is 6.99. The second-order valence-corrected chi connectivity index (χ2v) is 6.01. The highest BCUT2D eigenvalue weighted by atomic mass is 35.5. The fourth-order valence-electron chi connectivity index (χ4n) is 2.52. The Morgan fingerprint density at radius 1 is 1.24 bits per heavy atom. The Morgan fingerprint density at radius 2 is 2.00 bits per heavy atom. The molecule has 6 heteroatoms. The zero-order chi connectivity index (χ0) is 18.0. The number of hydrogen-bond donors (Lipinski definition) is 1. The molecule has 2 aromatic carbocycles. The first-order valence-electron chi connectivity index (χ1n) is 7.62. The predicted molar refractivity (Wildman–Crippen MR) is 97.7 cm³/mol. The number of halogens is 2. The Bertz CT molecular complexity index is 981. The van der Waals surface area contributed by atoms with Gasteiger partial charge in [-0.3, -0.25) is 9.78 Å². The highest BCUT2D eigenvalue weighted by Gasteiger charge is 2.12.